The number of hydrogen-bond acceptors (Lipinski definition) is 4. The SMILES string of the molecule is CCc1ccc(OCc2ccc(/C=C/C(=O)c3cc(C)nn3C)o2)cc1. The summed E-state index contributed by atoms with van der Waals surface area (Å²) < 4.78 is 13.0. The highest BCUT2D eigenvalue weighted by molar-refractivity contribution is 6.05. The summed E-state index contributed by atoms with van der Waals surface area (Å²) in [7, 11) is 1.75. The summed E-state index contributed by atoms with van der Waals surface area (Å²) in [5.74, 6) is 2.00. The average Bonchev–Trinajstić information content (AvgIpc) is 3.24. The molecule has 2 aromatic heterocycles. The van der Waals surface area contributed by atoms with E-state index >= 15 is 0 Å². The van der Waals surface area contributed by atoms with Crippen molar-refractivity contribution in [3.8, 4) is 5.75 Å². The first-order valence-electron chi connectivity index (χ1n) is 8.58. The Balaban J connectivity index is 1.58. The Morgan fingerprint density at radius 2 is 2.00 bits per heavy atom. The molecule has 0 aliphatic carbocycles. The summed E-state index contributed by atoms with van der Waals surface area (Å²) in [6, 6.07) is 13.4. The Labute approximate surface area is 152 Å². The zero-order chi connectivity index (χ0) is 18.5. The number of hydrogen-bond donors (Lipinski definition) is 0. The van der Waals surface area contributed by atoms with Crippen molar-refractivity contribution in [2.75, 3.05) is 0 Å². The molecule has 0 bridgehead atoms. The molecule has 0 aliphatic rings. The number of benzene rings is 1. The van der Waals surface area contributed by atoms with Gasteiger partial charge in [0.1, 0.15) is 29.6 Å². The Kier molecular flexibility index (Phi) is 5.37. The van der Waals surface area contributed by atoms with Crippen molar-refractivity contribution in [1.29, 1.82) is 0 Å². The number of carbonyl (C=O) groups excluding carboxylic acids is 1. The van der Waals surface area contributed by atoms with Crippen LogP contribution in [0.2, 0.25) is 0 Å². The van der Waals surface area contributed by atoms with Gasteiger partial charge in [-0.15, -0.1) is 0 Å². The van der Waals surface area contributed by atoms with Gasteiger partial charge >= 0.3 is 0 Å². The monoisotopic (exact) mass is 350 g/mol. The zero-order valence-electron chi connectivity index (χ0n) is 15.2. The van der Waals surface area contributed by atoms with E-state index in [0.29, 0.717) is 23.8 Å². The molecular formula is C21H22N2O3. The van der Waals surface area contributed by atoms with Crippen LogP contribution in [0.15, 0.2) is 53.0 Å². The number of nitrogens with zero attached hydrogens (tertiary/aromatic N) is 2. The van der Waals surface area contributed by atoms with Crippen molar-refractivity contribution < 1.29 is 13.9 Å². The highest BCUT2D eigenvalue weighted by Gasteiger charge is 2.09. The van der Waals surface area contributed by atoms with E-state index < -0.39 is 0 Å². The third kappa shape index (κ3) is 4.30. The molecule has 0 N–H and O–H groups in total. The van der Waals surface area contributed by atoms with Gasteiger partial charge in [-0.25, -0.2) is 0 Å². The fourth-order valence-electron chi connectivity index (χ4n) is 2.62. The Morgan fingerprint density at radius 1 is 1.23 bits per heavy atom. The molecule has 134 valence electrons. The van der Waals surface area contributed by atoms with Crippen LogP contribution < -0.4 is 4.74 Å². The number of furan rings is 1. The van der Waals surface area contributed by atoms with E-state index in [1.165, 1.54) is 11.6 Å². The van der Waals surface area contributed by atoms with Crippen LogP contribution >= 0.6 is 0 Å². The summed E-state index contributed by atoms with van der Waals surface area (Å²) in [4.78, 5) is 12.2. The summed E-state index contributed by atoms with van der Waals surface area (Å²) in [5, 5.41) is 4.18. The van der Waals surface area contributed by atoms with Crippen LogP contribution in [0.1, 0.15) is 40.2 Å². The quantitative estimate of drug-likeness (QED) is 0.469. The fourth-order valence-corrected chi connectivity index (χ4v) is 2.62. The second-order valence-electron chi connectivity index (χ2n) is 6.08. The molecule has 0 saturated heterocycles. The summed E-state index contributed by atoms with van der Waals surface area (Å²) in [6.45, 7) is 4.32. The van der Waals surface area contributed by atoms with Crippen molar-refractivity contribution >= 4 is 11.9 Å². The first-order valence-corrected chi connectivity index (χ1v) is 8.58. The molecule has 0 atom stereocenters. The van der Waals surface area contributed by atoms with E-state index in [1.807, 2.05) is 31.2 Å². The van der Waals surface area contributed by atoms with Gasteiger partial charge < -0.3 is 9.15 Å². The van der Waals surface area contributed by atoms with Gasteiger partial charge in [0, 0.05) is 7.05 Å². The van der Waals surface area contributed by atoms with Gasteiger partial charge in [-0.2, -0.15) is 5.10 Å². The van der Waals surface area contributed by atoms with Gasteiger partial charge in [0.2, 0.25) is 5.78 Å². The van der Waals surface area contributed by atoms with Crippen molar-refractivity contribution in [2.24, 2.45) is 7.05 Å². The van der Waals surface area contributed by atoms with Crippen molar-refractivity contribution in [2.45, 2.75) is 26.9 Å². The molecule has 0 unspecified atom stereocenters. The molecule has 26 heavy (non-hydrogen) atoms. The Hall–Kier alpha value is -3.08. The van der Waals surface area contributed by atoms with Crippen molar-refractivity contribution in [3.05, 3.63) is 77.0 Å². The van der Waals surface area contributed by atoms with Gasteiger partial charge in [-0.05, 0) is 61.4 Å². The van der Waals surface area contributed by atoms with E-state index in [-0.39, 0.29) is 5.78 Å². The predicted octanol–water partition coefficient (Wildman–Crippen LogP) is 4.36. The molecular weight excluding hydrogens is 328 g/mol. The minimum absolute atomic E-state index is 0.113. The first-order chi connectivity index (χ1) is 12.5. The first kappa shape index (κ1) is 17.7. The second-order valence-corrected chi connectivity index (χ2v) is 6.08. The van der Waals surface area contributed by atoms with Crippen LogP contribution in [0.3, 0.4) is 0 Å². The van der Waals surface area contributed by atoms with Gasteiger partial charge in [0.05, 0.1) is 5.69 Å². The van der Waals surface area contributed by atoms with E-state index in [0.717, 1.165) is 17.9 Å². The van der Waals surface area contributed by atoms with E-state index in [2.05, 4.69) is 24.2 Å². The van der Waals surface area contributed by atoms with Crippen LogP contribution in [0.5, 0.6) is 5.75 Å². The molecule has 0 radical (unpaired) electrons. The molecule has 0 fully saturated rings. The van der Waals surface area contributed by atoms with Crippen LogP contribution in [-0.2, 0) is 20.1 Å². The lowest BCUT2D eigenvalue weighted by molar-refractivity contribution is 0.103. The average molecular weight is 350 g/mol. The molecule has 0 saturated carbocycles. The molecule has 2 heterocycles. The molecule has 1 aromatic carbocycles. The van der Waals surface area contributed by atoms with E-state index in [4.69, 9.17) is 9.15 Å². The summed E-state index contributed by atoms with van der Waals surface area (Å²) in [6.07, 6.45) is 4.15. The number of ketones is 1. The minimum Gasteiger partial charge on any atom is -0.486 e. The van der Waals surface area contributed by atoms with E-state index in [1.54, 1.807) is 23.9 Å². The third-order valence-corrected chi connectivity index (χ3v) is 4.05. The number of aromatic nitrogens is 2. The van der Waals surface area contributed by atoms with Crippen LogP contribution in [0, 0.1) is 6.92 Å². The maximum Gasteiger partial charge on any atom is 0.203 e. The van der Waals surface area contributed by atoms with Crippen LogP contribution in [0.4, 0.5) is 0 Å². The zero-order valence-corrected chi connectivity index (χ0v) is 15.2. The van der Waals surface area contributed by atoms with Gasteiger partial charge in [-0.1, -0.05) is 19.1 Å². The molecule has 5 heteroatoms. The smallest absolute Gasteiger partial charge is 0.203 e. The van der Waals surface area contributed by atoms with Crippen LogP contribution in [0.25, 0.3) is 6.08 Å². The molecule has 3 rings (SSSR count). The van der Waals surface area contributed by atoms with Crippen molar-refractivity contribution in [1.82, 2.24) is 9.78 Å². The number of carbonyl (C=O) groups is 1. The lowest BCUT2D eigenvalue weighted by Crippen LogP contribution is -2.03. The minimum atomic E-state index is -0.113. The summed E-state index contributed by atoms with van der Waals surface area (Å²) in [5.41, 5.74) is 2.63. The summed E-state index contributed by atoms with van der Waals surface area (Å²) >= 11 is 0. The number of ether oxygens (including phenoxy) is 1. The Bertz CT molecular complexity index is 917. The molecule has 5 nitrogen and oxygen atoms in total. The second kappa shape index (κ2) is 7.87. The molecule has 3 aromatic rings. The fraction of sp³-hybridized carbons (Fsp3) is 0.238. The number of aryl methyl sites for hydroxylation is 3. The maximum atomic E-state index is 12.2. The largest absolute Gasteiger partial charge is 0.486 e. The van der Waals surface area contributed by atoms with E-state index in [9.17, 15) is 4.79 Å². The highest BCUT2D eigenvalue weighted by Crippen LogP contribution is 2.16. The number of allylic oxidation sites excluding steroid dienone is 1. The highest BCUT2D eigenvalue weighted by atomic mass is 16.5. The van der Waals surface area contributed by atoms with Crippen molar-refractivity contribution in [3.63, 3.8) is 0 Å². The van der Waals surface area contributed by atoms with Gasteiger partial charge in [0.15, 0.2) is 0 Å². The molecule has 0 aliphatic heterocycles. The molecule has 0 amide bonds. The van der Waals surface area contributed by atoms with Crippen LogP contribution in [-0.4, -0.2) is 15.6 Å². The normalized spacial score (nSPS) is 11.2. The predicted molar refractivity (Wildman–Crippen MR) is 100 cm³/mol. The topological polar surface area (TPSA) is 57.3 Å². The third-order valence-electron chi connectivity index (χ3n) is 4.05. The maximum absolute atomic E-state index is 12.2. The lowest BCUT2D eigenvalue weighted by Gasteiger charge is -2.04. The Morgan fingerprint density at radius 3 is 2.65 bits per heavy atom. The molecule has 0 spiro atoms. The van der Waals surface area contributed by atoms with Gasteiger partial charge in [-0.3, -0.25) is 9.48 Å². The lowest BCUT2D eigenvalue weighted by atomic mass is 10.2. The standard InChI is InChI=1S/C21H22N2O3/c1-4-16-5-7-17(8-6-16)25-14-19-10-9-18(26-19)11-12-21(24)20-13-15(2)22-23(20)3/h5-13H,4,14H2,1-3H3/b12-11+. The van der Waals surface area contributed by atoms with Gasteiger partial charge in [0.25, 0.3) is 0 Å². The number of rotatable bonds is 7.